The Morgan fingerprint density at radius 3 is 2.63 bits per heavy atom. The quantitative estimate of drug-likeness (QED) is 0.546. The summed E-state index contributed by atoms with van der Waals surface area (Å²) in [4.78, 5) is 36.1. The number of rotatable bonds is 7. The molecule has 1 heterocycles. The molecule has 0 unspecified atom stereocenters. The first kappa shape index (κ1) is 20.8. The highest BCUT2D eigenvalue weighted by atomic mass is 19.1. The van der Waals surface area contributed by atoms with Crippen LogP contribution in [-0.4, -0.2) is 33.9 Å². The summed E-state index contributed by atoms with van der Waals surface area (Å²) in [7, 11) is 1.45. The number of hydrogen-bond donors (Lipinski definition) is 3. The van der Waals surface area contributed by atoms with Crippen molar-refractivity contribution in [3.63, 3.8) is 0 Å². The van der Waals surface area contributed by atoms with Gasteiger partial charge in [-0.25, -0.2) is 13.5 Å². The highest BCUT2D eigenvalue weighted by Gasteiger charge is 2.22. The van der Waals surface area contributed by atoms with E-state index in [0.717, 1.165) is 22.9 Å². The summed E-state index contributed by atoms with van der Waals surface area (Å²) < 4.78 is 32.9. The molecule has 3 rings (SSSR count). The zero-order valence-corrected chi connectivity index (χ0v) is 15.7. The van der Waals surface area contributed by atoms with Crippen molar-refractivity contribution >= 4 is 11.9 Å². The first-order valence-electron chi connectivity index (χ1n) is 8.72. The van der Waals surface area contributed by atoms with E-state index in [1.165, 1.54) is 7.11 Å². The second-order valence-electron chi connectivity index (χ2n) is 6.34. The number of aromatic nitrogens is 2. The van der Waals surface area contributed by atoms with Crippen LogP contribution in [0, 0.1) is 11.6 Å². The summed E-state index contributed by atoms with van der Waals surface area (Å²) in [5.41, 5.74) is -0.754. The number of aliphatic carboxylic acids is 1. The SMILES string of the molecule is COc1cccc([C@H](CC(=O)O)NC(=O)c2cc(=O)n(-c3ccc(F)cc3F)[nH]2)c1. The van der Waals surface area contributed by atoms with Crippen molar-refractivity contribution in [1.29, 1.82) is 0 Å². The lowest BCUT2D eigenvalue weighted by Crippen LogP contribution is -2.30. The number of ether oxygens (including phenoxy) is 1. The predicted octanol–water partition coefficient (Wildman–Crippen LogP) is 2.40. The van der Waals surface area contributed by atoms with Gasteiger partial charge >= 0.3 is 5.97 Å². The van der Waals surface area contributed by atoms with Crippen LogP contribution in [0.5, 0.6) is 5.75 Å². The van der Waals surface area contributed by atoms with E-state index < -0.39 is 41.5 Å². The largest absolute Gasteiger partial charge is 0.497 e. The number of carboxylic acids is 1. The Balaban J connectivity index is 1.89. The number of aromatic amines is 1. The number of nitrogens with one attached hydrogen (secondary N) is 2. The third-order valence-corrected chi connectivity index (χ3v) is 4.30. The van der Waals surface area contributed by atoms with Gasteiger partial charge in [-0.15, -0.1) is 0 Å². The molecule has 3 aromatic rings. The van der Waals surface area contributed by atoms with E-state index in [0.29, 0.717) is 17.4 Å². The number of hydrogen-bond acceptors (Lipinski definition) is 4. The molecule has 0 bridgehead atoms. The third kappa shape index (κ3) is 4.54. The molecule has 10 heteroatoms. The number of halogens is 2. The van der Waals surface area contributed by atoms with Gasteiger partial charge in [-0.1, -0.05) is 12.1 Å². The second kappa shape index (κ2) is 8.60. The summed E-state index contributed by atoms with van der Waals surface area (Å²) >= 11 is 0. The van der Waals surface area contributed by atoms with Crippen LogP contribution in [0.25, 0.3) is 5.69 Å². The van der Waals surface area contributed by atoms with Crippen LogP contribution in [0.1, 0.15) is 28.5 Å². The Labute approximate surface area is 168 Å². The molecule has 0 saturated carbocycles. The Bertz CT molecular complexity index is 1160. The maximum Gasteiger partial charge on any atom is 0.305 e. The minimum Gasteiger partial charge on any atom is -0.497 e. The molecule has 2 aromatic carbocycles. The highest BCUT2D eigenvalue weighted by molar-refractivity contribution is 5.92. The molecule has 0 fully saturated rings. The lowest BCUT2D eigenvalue weighted by Gasteiger charge is -2.17. The van der Waals surface area contributed by atoms with Gasteiger partial charge in [0.15, 0.2) is 5.82 Å². The number of carbonyl (C=O) groups excluding carboxylic acids is 1. The fraction of sp³-hybridized carbons (Fsp3) is 0.150. The fourth-order valence-corrected chi connectivity index (χ4v) is 2.87. The van der Waals surface area contributed by atoms with E-state index in [4.69, 9.17) is 4.74 Å². The van der Waals surface area contributed by atoms with Crippen molar-refractivity contribution in [2.75, 3.05) is 7.11 Å². The normalized spacial score (nSPS) is 11.7. The molecule has 1 aromatic heterocycles. The van der Waals surface area contributed by atoms with Crippen LogP contribution in [0.3, 0.4) is 0 Å². The zero-order chi connectivity index (χ0) is 21.8. The first-order chi connectivity index (χ1) is 14.3. The molecule has 156 valence electrons. The van der Waals surface area contributed by atoms with Gasteiger partial charge in [0.05, 0.1) is 19.6 Å². The molecule has 0 aliphatic rings. The minimum atomic E-state index is -1.15. The van der Waals surface area contributed by atoms with E-state index in [-0.39, 0.29) is 11.4 Å². The summed E-state index contributed by atoms with van der Waals surface area (Å²) in [5.74, 6) is -3.26. The van der Waals surface area contributed by atoms with Gasteiger partial charge in [0, 0.05) is 12.1 Å². The summed E-state index contributed by atoms with van der Waals surface area (Å²) in [5, 5.41) is 14.2. The van der Waals surface area contributed by atoms with E-state index in [2.05, 4.69) is 10.4 Å². The van der Waals surface area contributed by atoms with Crippen molar-refractivity contribution in [1.82, 2.24) is 15.1 Å². The molecule has 0 aliphatic heterocycles. The van der Waals surface area contributed by atoms with Gasteiger partial charge in [0.2, 0.25) is 0 Å². The standard InChI is InChI=1S/C20H17F2N3O5/c1-30-13-4-2-3-11(7-13)15(10-19(27)28)23-20(29)16-9-18(26)25(24-16)17-6-5-12(21)8-14(17)22/h2-9,15,24H,10H2,1H3,(H,23,29)(H,27,28)/t15-/m0/s1. The Morgan fingerprint density at radius 2 is 1.97 bits per heavy atom. The number of H-pyrrole nitrogens is 1. The van der Waals surface area contributed by atoms with Gasteiger partial charge in [0.25, 0.3) is 11.5 Å². The molecule has 0 spiro atoms. The average molecular weight is 417 g/mol. The maximum absolute atomic E-state index is 14.0. The second-order valence-corrected chi connectivity index (χ2v) is 6.34. The number of amides is 1. The van der Waals surface area contributed by atoms with Crippen LogP contribution >= 0.6 is 0 Å². The smallest absolute Gasteiger partial charge is 0.305 e. The van der Waals surface area contributed by atoms with Crippen molar-refractivity contribution < 1.29 is 28.2 Å². The molecule has 0 radical (unpaired) electrons. The molecule has 0 saturated heterocycles. The van der Waals surface area contributed by atoms with Crippen molar-refractivity contribution in [3.05, 3.63) is 81.8 Å². The summed E-state index contributed by atoms with van der Waals surface area (Å²) in [6.07, 6.45) is -0.420. The molecule has 8 nitrogen and oxygen atoms in total. The van der Waals surface area contributed by atoms with Crippen LogP contribution < -0.4 is 15.6 Å². The number of carboxylic acid groups (broad SMARTS) is 1. The topological polar surface area (TPSA) is 113 Å². The average Bonchev–Trinajstić information content (AvgIpc) is 3.08. The van der Waals surface area contributed by atoms with E-state index >= 15 is 0 Å². The Kier molecular flexibility index (Phi) is 5.95. The number of methoxy groups -OCH3 is 1. The molecule has 1 amide bonds. The molecular weight excluding hydrogens is 400 g/mol. The number of nitrogens with zero attached hydrogens (tertiary/aromatic N) is 1. The van der Waals surface area contributed by atoms with E-state index in [9.17, 15) is 28.3 Å². The number of benzene rings is 2. The zero-order valence-electron chi connectivity index (χ0n) is 15.7. The van der Waals surface area contributed by atoms with Crippen LogP contribution in [0.2, 0.25) is 0 Å². The highest BCUT2D eigenvalue weighted by Crippen LogP contribution is 2.22. The maximum atomic E-state index is 14.0. The summed E-state index contributed by atoms with van der Waals surface area (Å²) in [6, 6.07) is 9.15. The van der Waals surface area contributed by atoms with E-state index in [1.807, 2.05) is 0 Å². The van der Waals surface area contributed by atoms with Gasteiger partial charge in [-0.3, -0.25) is 19.5 Å². The van der Waals surface area contributed by atoms with Crippen molar-refractivity contribution in [3.8, 4) is 11.4 Å². The fourth-order valence-electron chi connectivity index (χ4n) is 2.87. The molecular formula is C20H17F2N3O5. The summed E-state index contributed by atoms with van der Waals surface area (Å²) in [6.45, 7) is 0. The Hall–Kier alpha value is -3.95. The third-order valence-electron chi connectivity index (χ3n) is 4.30. The van der Waals surface area contributed by atoms with Crippen LogP contribution in [0.15, 0.2) is 53.3 Å². The lowest BCUT2D eigenvalue weighted by atomic mass is 10.0. The molecule has 1 atom stereocenters. The Morgan fingerprint density at radius 1 is 1.20 bits per heavy atom. The monoisotopic (exact) mass is 417 g/mol. The van der Waals surface area contributed by atoms with Gasteiger partial charge in [0.1, 0.15) is 22.9 Å². The van der Waals surface area contributed by atoms with Crippen molar-refractivity contribution in [2.24, 2.45) is 0 Å². The number of carbonyl (C=O) groups is 2. The van der Waals surface area contributed by atoms with Crippen LogP contribution in [-0.2, 0) is 4.79 Å². The van der Waals surface area contributed by atoms with Gasteiger partial charge < -0.3 is 15.2 Å². The molecule has 3 N–H and O–H groups in total. The van der Waals surface area contributed by atoms with Gasteiger partial charge in [-0.2, -0.15) is 0 Å². The van der Waals surface area contributed by atoms with Gasteiger partial charge in [-0.05, 0) is 29.8 Å². The first-order valence-corrected chi connectivity index (χ1v) is 8.72. The van der Waals surface area contributed by atoms with Crippen LogP contribution in [0.4, 0.5) is 8.78 Å². The minimum absolute atomic E-state index is 0.220. The lowest BCUT2D eigenvalue weighted by molar-refractivity contribution is -0.137. The van der Waals surface area contributed by atoms with E-state index in [1.54, 1.807) is 24.3 Å². The molecule has 30 heavy (non-hydrogen) atoms. The molecule has 0 aliphatic carbocycles. The predicted molar refractivity (Wildman–Crippen MR) is 102 cm³/mol. The van der Waals surface area contributed by atoms with Crippen molar-refractivity contribution in [2.45, 2.75) is 12.5 Å².